The summed E-state index contributed by atoms with van der Waals surface area (Å²) in [5.41, 5.74) is 2.95. The molecule has 6 rings (SSSR count). The SMILES string of the molecule is C=C1CCC[C@@]2(C)C[C@@H]3OC(=O)[C@H](CN(O)C[C@@H]4C(=O)O[C@@H]5C[C@@]6(C)CCCC(=C)[C@@H]6C[C@H]45)[C@@H]3C[C@H]12. The van der Waals surface area contributed by atoms with E-state index in [1.807, 2.05) is 0 Å². The van der Waals surface area contributed by atoms with Gasteiger partial charge in [-0.3, -0.25) is 9.59 Å². The van der Waals surface area contributed by atoms with Gasteiger partial charge in [0.05, 0.1) is 11.8 Å². The van der Waals surface area contributed by atoms with Crippen LogP contribution in [-0.2, 0) is 19.1 Å². The number of allylic oxidation sites excluding steroid dienone is 2. The standard InChI is InChI=1S/C30H43NO5/c1-17-7-5-9-29(3)13-25-19(11-23(17)29)21(27(32)35-25)15-31(34)16-22-20-12-24-18(2)8-6-10-30(24,4)14-26(20)36-28(22)33/h19-26,34H,1-2,5-16H2,3-4H3/t19-,20+,21+,22-,23+,24-,25-,26+,29-,30+. The second-order valence-electron chi connectivity index (χ2n) is 13.7. The molecular formula is C30H43NO5. The molecule has 2 heterocycles. The quantitative estimate of drug-likeness (QED) is 0.322. The number of nitrogens with zero attached hydrogens (tertiary/aromatic N) is 1. The van der Waals surface area contributed by atoms with Crippen molar-refractivity contribution in [1.82, 2.24) is 5.06 Å². The summed E-state index contributed by atoms with van der Waals surface area (Å²) in [6.45, 7) is 13.8. The van der Waals surface area contributed by atoms with Gasteiger partial charge in [-0.25, -0.2) is 0 Å². The fourth-order valence-electron chi connectivity index (χ4n) is 9.46. The first kappa shape index (κ1) is 24.7. The minimum Gasteiger partial charge on any atom is -0.462 e. The molecule has 0 unspecified atom stereocenters. The molecule has 6 aliphatic rings. The van der Waals surface area contributed by atoms with Crippen LogP contribution < -0.4 is 0 Å². The van der Waals surface area contributed by atoms with Crippen molar-refractivity contribution in [3.63, 3.8) is 0 Å². The highest BCUT2D eigenvalue weighted by Gasteiger charge is 2.57. The number of ether oxygens (including phenoxy) is 2. The van der Waals surface area contributed by atoms with Crippen LogP contribution in [0, 0.1) is 46.3 Å². The summed E-state index contributed by atoms with van der Waals surface area (Å²) in [4.78, 5) is 25.9. The molecule has 36 heavy (non-hydrogen) atoms. The summed E-state index contributed by atoms with van der Waals surface area (Å²) in [5, 5.41) is 12.3. The van der Waals surface area contributed by atoms with Crippen LogP contribution in [0.2, 0.25) is 0 Å². The first-order chi connectivity index (χ1) is 17.1. The molecular weight excluding hydrogens is 454 g/mol. The van der Waals surface area contributed by atoms with E-state index in [1.165, 1.54) is 16.2 Å². The molecule has 0 aromatic heterocycles. The third kappa shape index (κ3) is 3.89. The summed E-state index contributed by atoms with van der Waals surface area (Å²) in [6.07, 6.45) is 10.2. The number of hydrogen-bond donors (Lipinski definition) is 1. The van der Waals surface area contributed by atoms with Crippen LogP contribution in [0.15, 0.2) is 24.3 Å². The van der Waals surface area contributed by atoms with E-state index < -0.39 is 0 Å². The van der Waals surface area contributed by atoms with Gasteiger partial charge < -0.3 is 14.7 Å². The first-order valence-corrected chi connectivity index (χ1v) is 14.3. The number of carbonyl (C=O) groups is 2. The van der Waals surface area contributed by atoms with Crippen LogP contribution in [0.4, 0.5) is 0 Å². The Balaban J connectivity index is 1.13. The zero-order valence-electron chi connectivity index (χ0n) is 22.0. The topological polar surface area (TPSA) is 76.1 Å². The van der Waals surface area contributed by atoms with Crippen LogP contribution >= 0.6 is 0 Å². The predicted molar refractivity (Wildman–Crippen MR) is 135 cm³/mol. The molecule has 0 radical (unpaired) electrons. The van der Waals surface area contributed by atoms with Crippen molar-refractivity contribution in [2.75, 3.05) is 13.1 Å². The van der Waals surface area contributed by atoms with Crippen LogP contribution in [-0.4, -0.2) is 47.5 Å². The van der Waals surface area contributed by atoms with Crippen molar-refractivity contribution in [2.24, 2.45) is 46.3 Å². The van der Waals surface area contributed by atoms with Gasteiger partial charge >= 0.3 is 11.9 Å². The molecule has 4 saturated carbocycles. The zero-order chi connectivity index (χ0) is 25.4. The molecule has 198 valence electrons. The van der Waals surface area contributed by atoms with Crippen molar-refractivity contribution in [3.8, 4) is 0 Å². The van der Waals surface area contributed by atoms with Gasteiger partial charge in [0, 0.05) is 24.9 Å². The third-order valence-electron chi connectivity index (χ3n) is 11.5. The van der Waals surface area contributed by atoms with E-state index in [2.05, 4.69) is 27.0 Å². The summed E-state index contributed by atoms with van der Waals surface area (Å²) in [5.74, 6) is -0.0784. The van der Waals surface area contributed by atoms with Crippen LogP contribution in [0.25, 0.3) is 0 Å². The number of esters is 2. The van der Waals surface area contributed by atoms with Crippen molar-refractivity contribution >= 4 is 11.9 Å². The highest BCUT2D eigenvalue weighted by atomic mass is 16.6. The fraction of sp³-hybridized carbons (Fsp3) is 0.800. The highest BCUT2D eigenvalue weighted by molar-refractivity contribution is 5.76. The van der Waals surface area contributed by atoms with Gasteiger partial charge in [-0.15, -0.1) is 0 Å². The summed E-state index contributed by atoms with van der Waals surface area (Å²) in [7, 11) is 0. The maximum absolute atomic E-state index is 12.9. The Morgan fingerprint density at radius 3 is 1.67 bits per heavy atom. The normalized spacial score (nSPS) is 48.1. The Morgan fingerprint density at radius 1 is 0.833 bits per heavy atom. The number of hydroxylamine groups is 2. The van der Waals surface area contributed by atoms with Crippen LogP contribution in [0.5, 0.6) is 0 Å². The molecule has 6 nitrogen and oxygen atoms in total. The minimum atomic E-state index is -0.361. The van der Waals surface area contributed by atoms with Gasteiger partial charge in [-0.2, -0.15) is 5.06 Å². The maximum Gasteiger partial charge on any atom is 0.311 e. The predicted octanol–water partition coefficient (Wildman–Crippen LogP) is 5.31. The molecule has 4 aliphatic carbocycles. The molecule has 10 atom stereocenters. The van der Waals surface area contributed by atoms with E-state index in [0.29, 0.717) is 11.8 Å². The molecule has 0 amide bonds. The number of hydrogen-bond acceptors (Lipinski definition) is 6. The molecule has 2 saturated heterocycles. The van der Waals surface area contributed by atoms with E-state index in [-0.39, 0.29) is 71.7 Å². The highest BCUT2D eigenvalue weighted by Crippen LogP contribution is 2.58. The molecule has 6 heteroatoms. The number of rotatable bonds is 4. The average Bonchev–Trinajstić information content (AvgIpc) is 3.25. The molecule has 0 aromatic carbocycles. The second kappa shape index (κ2) is 8.69. The van der Waals surface area contributed by atoms with E-state index in [1.54, 1.807) is 0 Å². The molecule has 0 bridgehead atoms. The summed E-state index contributed by atoms with van der Waals surface area (Å²) >= 11 is 0. The Bertz CT molecular complexity index is 900. The number of carbonyl (C=O) groups excluding carboxylic acids is 2. The first-order valence-electron chi connectivity index (χ1n) is 14.3. The van der Waals surface area contributed by atoms with E-state index in [4.69, 9.17) is 9.47 Å². The van der Waals surface area contributed by atoms with Crippen LogP contribution in [0.3, 0.4) is 0 Å². The Hall–Kier alpha value is -1.66. The van der Waals surface area contributed by atoms with E-state index in [9.17, 15) is 14.8 Å². The Labute approximate surface area is 215 Å². The lowest BCUT2D eigenvalue weighted by atomic mass is 9.55. The summed E-state index contributed by atoms with van der Waals surface area (Å²) < 4.78 is 11.8. The largest absolute Gasteiger partial charge is 0.462 e. The van der Waals surface area contributed by atoms with E-state index in [0.717, 1.165) is 64.2 Å². The monoisotopic (exact) mass is 497 g/mol. The van der Waals surface area contributed by atoms with E-state index >= 15 is 0 Å². The van der Waals surface area contributed by atoms with Crippen molar-refractivity contribution in [3.05, 3.63) is 24.3 Å². The van der Waals surface area contributed by atoms with Crippen LogP contribution in [0.1, 0.15) is 78.1 Å². The molecule has 2 aliphatic heterocycles. The summed E-state index contributed by atoms with van der Waals surface area (Å²) in [6, 6.07) is 0. The lowest BCUT2D eigenvalue weighted by Gasteiger charge is -2.50. The van der Waals surface area contributed by atoms with Gasteiger partial charge in [-0.1, -0.05) is 38.2 Å². The zero-order valence-corrected chi connectivity index (χ0v) is 22.0. The van der Waals surface area contributed by atoms with Gasteiger partial charge in [0.1, 0.15) is 12.2 Å². The molecule has 6 fully saturated rings. The van der Waals surface area contributed by atoms with Crippen molar-refractivity contribution in [2.45, 2.75) is 90.3 Å². The smallest absolute Gasteiger partial charge is 0.311 e. The lowest BCUT2D eigenvalue weighted by molar-refractivity contribution is -0.155. The number of fused-ring (bicyclic) bond motifs is 4. The Kier molecular flexibility index (Phi) is 5.95. The van der Waals surface area contributed by atoms with Gasteiger partial charge in [-0.05, 0) is 86.9 Å². The van der Waals surface area contributed by atoms with Gasteiger partial charge in [0.15, 0.2) is 0 Å². The fourth-order valence-corrected chi connectivity index (χ4v) is 9.46. The van der Waals surface area contributed by atoms with Gasteiger partial charge in [0.25, 0.3) is 0 Å². The molecule has 0 aromatic rings. The third-order valence-corrected chi connectivity index (χ3v) is 11.5. The van der Waals surface area contributed by atoms with Crippen molar-refractivity contribution < 1.29 is 24.3 Å². The van der Waals surface area contributed by atoms with Gasteiger partial charge in [0.2, 0.25) is 0 Å². The van der Waals surface area contributed by atoms with Crippen molar-refractivity contribution in [1.29, 1.82) is 0 Å². The molecule has 1 N–H and O–H groups in total. The minimum absolute atomic E-state index is 0.0720. The second-order valence-corrected chi connectivity index (χ2v) is 13.7. The molecule has 0 spiro atoms. The lowest BCUT2D eigenvalue weighted by Crippen LogP contribution is -2.47. The maximum atomic E-state index is 12.9. The Morgan fingerprint density at radius 2 is 1.25 bits per heavy atom. The average molecular weight is 498 g/mol.